The van der Waals surface area contributed by atoms with E-state index in [1.165, 1.54) is 6.33 Å². The fraction of sp³-hybridized carbons (Fsp3) is 0.444. The Morgan fingerprint density at radius 1 is 1.36 bits per heavy atom. The molecule has 0 aliphatic heterocycles. The molecule has 5 heteroatoms. The summed E-state index contributed by atoms with van der Waals surface area (Å²) in [4.78, 5) is 12.2. The number of imidazole rings is 1. The molecule has 0 amide bonds. The minimum absolute atomic E-state index is 0.494. The summed E-state index contributed by atoms with van der Waals surface area (Å²) in [6, 6.07) is 0. The lowest BCUT2D eigenvalue weighted by Crippen LogP contribution is -2.05. The molecule has 0 bridgehead atoms. The zero-order valence-electron chi connectivity index (χ0n) is 8.31. The Morgan fingerprint density at radius 3 is 2.86 bits per heavy atom. The SMILES string of the molecule is CC(C)Cn1cnc2ncnc(N)c21. The smallest absolute Gasteiger partial charge is 0.182 e. The fourth-order valence-electron chi connectivity index (χ4n) is 1.47. The van der Waals surface area contributed by atoms with Crippen LogP contribution in [0.3, 0.4) is 0 Å². The molecule has 0 unspecified atom stereocenters. The van der Waals surface area contributed by atoms with E-state index in [0.29, 0.717) is 17.4 Å². The maximum absolute atomic E-state index is 5.77. The van der Waals surface area contributed by atoms with Crippen molar-refractivity contribution in [2.75, 3.05) is 5.73 Å². The molecule has 5 nitrogen and oxygen atoms in total. The standard InChI is InChI=1S/C9H13N5/c1-6(2)3-14-5-13-9-7(14)8(10)11-4-12-9/h4-6H,3H2,1-2H3,(H2,10,11,12). The molecule has 0 radical (unpaired) electrons. The van der Waals surface area contributed by atoms with Crippen LogP contribution in [0.25, 0.3) is 11.2 Å². The van der Waals surface area contributed by atoms with E-state index >= 15 is 0 Å². The van der Waals surface area contributed by atoms with Gasteiger partial charge in [0, 0.05) is 6.54 Å². The Bertz CT molecular complexity index is 445. The van der Waals surface area contributed by atoms with Gasteiger partial charge >= 0.3 is 0 Å². The number of nitrogens with two attached hydrogens (primary N) is 1. The van der Waals surface area contributed by atoms with Crippen LogP contribution in [0.4, 0.5) is 5.82 Å². The third kappa shape index (κ3) is 1.41. The van der Waals surface area contributed by atoms with Gasteiger partial charge in [0.1, 0.15) is 11.8 Å². The number of nitrogen functional groups attached to an aromatic ring is 1. The first-order valence-electron chi connectivity index (χ1n) is 4.60. The number of fused-ring (bicyclic) bond motifs is 1. The predicted molar refractivity (Wildman–Crippen MR) is 54.6 cm³/mol. The van der Waals surface area contributed by atoms with Gasteiger partial charge < -0.3 is 10.3 Å². The first kappa shape index (κ1) is 8.93. The Kier molecular flexibility index (Phi) is 2.07. The van der Waals surface area contributed by atoms with E-state index in [2.05, 4.69) is 28.8 Å². The molecule has 2 aromatic heterocycles. The molecule has 0 fully saturated rings. The van der Waals surface area contributed by atoms with Gasteiger partial charge in [0.15, 0.2) is 11.5 Å². The van der Waals surface area contributed by atoms with Gasteiger partial charge in [0.25, 0.3) is 0 Å². The second kappa shape index (κ2) is 3.25. The average Bonchev–Trinajstić information content (AvgIpc) is 2.49. The Hall–Kier alpha value is -1.65. The molecule has 0 atom stereocenters. The lowest BCUT2D eigenvalue weighted by molar-refractivity contribution is 0.533. The molecule has 2 N–H and O–H groups in total. The Morgan fingerprint density at radius 2 is 2.14 bits per heavy atom. The van der Waals surface area contributed by atoms with Crippen LogP contribution in [-0.2, 0) is 6.54 Å². The average molecular weight is 191 g/mol. The number of rotatable bonds is 2. The van der Waals surface area contributed by atoms with Crippen LogP contribution in [0.2, 0.25) is 0 Å². The molecule has 2 aromatic rings. The summed E-state index contributed by atoms with van der Waals surface area (Å²) in [6.07, 6.45) is 3.19. The number of hydrogen-bond acceptors (Lipinski definition) is 4. The predicted octanol–water partition coefficient (Wildman–Crippen LogP) is 1.06. The molecule has 2 heterocycles. The summed E-state index contributed by atoms with van der Waals surface area (Å²) in [6.45, 7) is 5.17. The lowest BCUT2D eigenvalue weighted by atomic mass is 10.2. The van der Waals surface area contributed by atoms with Gasteiger partial charge in [-0.05, 0) is 5.92 Å². The highest BCUT2D eigenvalue weighted by Gasteiger charge is 2.08. The number of nitrogens with zero attached hydrogens (tertiary/aromatic N) is 4. The van der Waals surface area contributed by atoms with Crippen molar-refractivity contribution in [3.63, 3.8) is 0 Å². The molecule has 0 saturated heterocycles. The van der Waals surface area contributed by atoms with Gasteiger partial charge in [-0.15, -0.1) is 0 Å². The second-order valence-electron chi connectivity index (χ2n) is 3.72. The van der Waals surface area contributed by atoms with E-state index in [1.54, 1.807) is 6.33 Å². The highest BCUT2D eigenvalue weighted by atomic mass is 15.1. The van der Waals surface area contributed by atoms with Crippen LogP contribution in [0, 0.1) is 5.92 Å². The van der Waals surface area contributed by atoms with Crippen molar-refractivity contribution in [3.05, 3.63) is 12.7 Å². The van der Waals surface area contributed by atoms with Crippen LogP contribution in [0.15, 0.2) is 12.7 Å². The molecule has 74 valence electrons. The monoisotopic (exact) mass is 191 g/mol. The van der Waals surface area contributed by atoms with Crippen molar-refractivity contribution in [1.82, 2.24) is 19.5 Å². The van der Waals surface area contributed by atoms with Gasteiger partial charge in [0.2, 0.25) is 0 Å². The van der Waals surface area contributed by atoms with E-state index in [1.807, 2.05) is 4.57 Å². The lowest BCUT2D eigenvalue weighted by Gasteiger charge is -2.07. The molecular weight excluding hydrogens is 178 g/mol. The Labute approximate surface area is 82.0 Å². The number of aromatic nitrogens is 4. The molecular formula is C9H13N5. The molecule has 0 aliphatic carbocycles. The molecule has 2 rings (SSSR count). The minimum Gasteiger partial charge on any atom is -0.382 e. The van der Waals surface area contributed by atoms with Gasteiger partial charge in [-0.1, -0.05) is 13.8 Å². The molecule has 14 heavy (non-hydrogen) atoms. The zero-order chi connectivity index (χ0) is 10.1. The summed E-state index contributed by atoms with van der Waals surface area (Å²) in [5, 5.41) is 0. The summed E-state index contributed by atoms with van der Waals surface area (Å²) in [5.41, 5.74) is 7.26. The summed E-state index contributed by atoms with van der Waals surface area (Å²) < 4.78 is 2.00. The van der Waals surface area contributed by atoms with Crippen LogP contribution in [0.1, 0.15) is 13.8 Å². The third-order valence-electron chi connectivity index (χ3n) is 2.00. The Balaban J connectivity index is 2.55. The highest BCUT2D eigenvalue weighted by Crippen LogP contribution is 2.16. The van der Waals surface area contributed by atoms with Crippen LogP contribution in [0.5, 0.6) is 0 Å². The second-order valence-corrected chi connectivity index (χ2v) is 3.72. The highest BCUT2D eigenvalue weighted by molar-refractivity contribution is 5.81. The van der Waals surface area contributed by atoms with Crippen molar-refractivity contribution in [3.8, 4) is 0 Å². The van der Waals surface area contributed by atoms with Crippen LogP contribution in [-0.4, -0.2) is 19.5 Å². The van der Waals surface area contributed by atoms with Crippen molar-refractivity contribution in [2.24, 2.45) is 5.92 Å². The van der Waals surface area contributed by atoms with E-state index in [-0.39, 0.29) is 0 Å². The number of anilines is 1. The maximum Gasteiger partial charge on any atom is 0.182 e. The largest absolute Gasteiger partial charge is 0.382 e. The van der Waals surface area contributed by atoms with Gasteiger partial charge in [-0.3, -0.25) is 0 Å². The summed E-state index contributed by atoms with van der Waals surface area (Å²) in [5.74, 6) is 1.04. The quantitative estimate of drug-likeness (QED) is 0.770. The third-order valence-corrected chi connectivity index (χ3v) is 2.00. The first-order valence-corrected chi connectivity index (χ1v) is 4.60. The summed E-state index contributed by atoms with van der Waals surface area (Å²) in [7, 11) is 0. The van der Waals surface area contributed by atoms with Crippen LogP contribution >= 0.6 is 0 Å². The maximum atomic E-state index is 5.77. The molecule has 0 aromatic carbocycles. The number of hydrogen-bond donors (Lipinski definition) is 1. The van der Waals surface area contributed by atoms with E-state index < -0.39 is 0 Å². The fourth-order valence-corrected chi connectivity index (χ4v) is 1.47. The zero-order valence-corrected chi connectivity index (χ0v) is 8.31. The minimum atomic E-state index is 0.494. The molecule has 0 saturated carbocycles. The molecule has 0 aliphatic rings. The van der Waals surface area contributed by atoms with E-state index in [4.69, 9.17) is 5.73 Å². The topological polar surface area (TPSA) is 69.6 Å². The van der Waals surface area contributed by atoms with Gasteiger partial charge in [0.05, 0.1) is 6.33 Å². The van der Waals surface area contributed by atoms with Gasteiger partial charge in [-0.2, -0.15) is 0 Å². The van der Waals surface area contributed by atoms with Crippen molar-refractivity contribution < 1.29 is 0 Å². The van der Waals surface area contributed by atoms with Crippen LogP contribution < -0.4 is 5.73 Å². The van der Waals surface area contributed by atoms with Crippen molar-refractivity contribution >= 4 is 17.0 Å². The van der Waals surface area contributed by atoms with Gasteiger partial charge in [-0.25, -0.2) is 15.0 Å². The van der Waals surface area contributed by atoms with Crippen molar-refractivity contribution in [2.45, 2.75) is 20.4 Å². The van der Waals surface area contributed by atoms with E-state index in [0.717, 1.165) is 12.1 Å². The normalized spacial score (nSPS) is 11.4. The molecule has 0 spiro atoms. The first-order chi connectivity index (χ1) is 6.68. The summed E-state index contributed by atoms with van der Waals surface area (Å²) >= 11 is 0. The van der Waals surface area contributed by atoms with E-state index in [9.17, 15) is 0 Å². The van der Waals surface area contributed by atoms with Crippen molar-refractivity contribution in [1.29, 1.82) is 0 Å².